The lowest BCUT2D eigenvalue weighted by atomic mass is 9.93. The van der Waals surface area contributed by atoms with E-state index in [1.54, 1.807) is 10.9 Å². The fourth-order valence-corrected chi connectivity index (χ4v) is 5.93. The Morgan fingerprint density at radius 1 is 1.24 bits per heavy atom. The summed E-state index contributed by atoms with van der Waals surface area (Å²) in [5.41, 5.74) is -5.54. The van der Waals surface area contributed by atoms with E-state index in [0.717, 1.165) is 6.92 Å². The molecule has 1 aromatic rings. The van der Waals surface area contributed by atoms with Crippen molar-refractivity contribution in [1.82, 2.24) is 9.55 Å². The van der Waals surface area contributed by atoms with Gasteiger partial charge in [0, 0.05) is 0 Å². The standard InChI is InChI=1S/C12H16FN2O15P3/c1-3-12(19)8(16)7(27-10(12)15-4-6(13)9(17)14-11(15)18)5(2)28-32(23,24)30-33(25,26)29-31(20,21)22/h1,4-5,7-8,10,16,19H,2H3,(H,23,24)(H,25,26)(H,14,17,18)(H2,20,21,22)/t5-,7+,8-,10+,12?/m0/s1. The number of rotatable bonds is 8. The average Bonchev–Trinajstić information content (AvgIpc) is 2.87. The number of phosphoric acid groups is 3. The van der Waals surface area contributed by atoms with E-state index < -0.39 is 70.7 Å². The minimum Gasteiger partial charge on any atom is -0.386 e. The van der Waals surface area contributed by atoms with Gasteiger partial charge in [0.1, 0.15) is 12.2 Å². The van der Waals surface area contributed by atoms with Crippen LogP contribution in [0.1, 0.15) is 13.2 Å². The molecule has 186 valence electrons. The normalized spacial score (nSPS) is 30.2. The van der Waals surface area contributed by atoms with Crippen LogP contribution < -0.4 is 11.2 Å². The SMILES string of the molecule is C#CC1(O)[C@@H](O)[C@@H]([C@H](C)OP(=O)(O)OP(=O)(O)OP(=O)(O)O)O[C@H]1n1cc(F)c(=O)[nH]c1=O. The van der Waals surface area contributed by atoms with Crippen molar-refractivity contribution in [3.63, 3.8) is 0 Å². The molecule has 1 aromatic heterocycles. The van der Waals surface area contributed by atoms with Crippen LogP contribution in [0.2, 0.25) is 0 Å². The molecule has 7 atom stereocenters. The van der Waals surface area contributed by atoms with Gasteiger partial charge < -0.3 is 34.5 Å². The predicted molar refractivity (Wildman–Crippen MR) is 99.4 cm³/mol. The zero-order valence-corrected chi connectivity index (χ0v) is 18.7. The number of nitrogens with one attached hydrogen (secondary N) is 1. The highest BCUT2D eigenvalue weighted by Crippen LogP contribution is 2.66. The quantitative estimate of drug-likeness (QED) is 0.139. The number of terminal acetylenes is 1. The van der Waals surface area contributed by atoms with Crippen molar-refractivity contribution in [3.05, 3.63) is 32.9 Å². The monoisotopic (exact) mass is 540 g/mol. The summed E-state index contributed by atoms with van der Waals surface area (Å²) in [5, 5.41) is 21.0. The van der Waals surface area contributed by atoms with E-state index in [1.807, 2.05) is 0 Å². The van der Waals surface area contributed by atoms with Crippen LogP contribution in [0.4, 0.5) is 4.39 Å². The number of ether oxygens (including phenoxy) is 1. The second-order valence-corrected chi connectivity index (χ2v) is 10.8. The maximum atomic E-state index is 13.6. The van der Waals surface area contributed by atoms with E-state index in [0.29, 0.717) is 6.20 Å². The summed E-state index contributed by atoms with van der Waals surface area (Å²) in [4.78, 5) is 60.5. The van der Waals surface area contributed by atoms with Gasteiger partial charge in [0.2, 0.25) is 5.82 Å². The zero-order chi connectivity index (χ0) is 25.6. The number of hydrogen-bond acceptors (Lipinski definition) is 11. The predicted octanol–water partition coefficient (Wildman–Crippen LogP) is -1.97. The number of phosphoric ester groups is 1. The van der Waals surface area contributed by atoms with Gasteiger partial charge in [0.25, 0.3) is 5.56 Å². The summed E-state index contributed by atoms with van der Waals surface area (Å²) in [6, 6.07) is 0. The molecule has 1 saturated heterocycles. The first-order valence-corrected chi connectivity index (χ1v) is 12.7. The summed E-state index contributed by atoms with van der Waals surface area (Å²) in [6.45, 7) is 0.891. The molecule has 1 aliphatic rings. The number of halogens is 1. The van der Waals surface area contributed by atoms with Gasteiger partial charge in [-0.25, -0.2) is 18.5 Å². The molecule has 2 heterocycles. The molecule has 0 aliphatic carbocycles. The Labute approximate surface area is 181 Å². The Kier molecular flexibility index (Phi) is 7.77. The largest absolute Gasteiger partial charge is 0.490 e. The Hall–Kier alpha value is -1.54. The molecule has 0 radical (unpaired) electrons. The zero-order valence-electron chi connectivity index (χ0n) is 16.0. The first-order chi connectivity index (χ1) is 14.8. The summed E-state index contributed by atoms with van der Waals surface area (Å²) in [6.07, 6.45) is -2.56. The molecule has 33 heavy (non-hydrogen) atoms. The van der Waals surface area contributed by atoms with E-state index in [1.165, 1.54) is 0 Å². The van der Waals surface area contributed by atoms with E-state index in [4.69, 9.17) is 25.8 Å². The first-order valence-electron chi connectivity index (χ1n) is 8.19. The van der Waals surface area contributed by atoms with Gasteiger partial charge >= 0.3 is 29.2 Å². The number of nitrogens with zero attached hydrogens (tertiary/aromatic N) is 1. The number of aliphatic hydroxyl groups excluding tert-OH is 1. The molecule has 1 aliphatic heterocycles. The molecule has 0 spiro atoms. The molecular formula is C12H16FN2O15P3. The summed E-state index contributed by atoms with van der Waals surface area (Å²) in [5.74, 6) is 0.206. The van der Waals surface area contributed by atoms with Gasteiger partial charge in [0.05, 0.1) is 12.3 Å². The Balaban J connectivity index is 2.31. The number of H-pyrrole nitrogens is 1. The van der Waals surface area contributed by atoms with E-state index >= 15 is 0 Å². The average molecular weight is 540 g/mol. The third kappa shape index (κ3) is 6.32. The Morgan fingerprint density at radius 3 is 2.33 bits per heavy atom. The third-order valence-electron chi connectivity index (χ3n) is 4.01. The van der Waals surface area contributed by atoms with E-state index in [2.05, 4.69) is 13.1 Å². The maximum absolute atomic E-state index is 13.6. The van der Waals surface area contributed by atoms with E-state index in [9.17, 15) is 42.8 Å². The van der Waals surface area contributed by atoms with Crippen LogP contribution in [0, 0.1) is 18.2 Å². The van der Waals surface area contributed by atoms with Crippen molar-refractivity contribution in [2.75, 3.05) is 0 Å². The smallest absolute Gasteiger partial charge is 0.386 e. The van der Waals surface area contributed by atoms with Gasteiger partial charge in [0.15, 0.2) is 11.8 Å². The van der Waals surface area contributed by atoms with Crippen molar-refractivity contribution in [3.8, 4) is 12.3 Å². The highest BCUT2D eigenvalue weighted by molar-refractivity contribution is 7.66. The van der Waals surface area contributed by atoms with Crippen LogP contribution in [0.25, 0.3) is 0 Å². The fraction of sp³-hybridized carbons (Fsp3) is 0.500. The van der Waals surface area contributed by atoms with Crippen LogP contribution in [0.3, 0.4) is 0 Å². The molecule has 2 rings (SSSR count). The molecule has 3 unspecified atom stereocenters. The molecule has 0 aromatic carbocycles. The van der Waals surface area contributed by atoms with Gasteiger partial charge in [-0.3, -0.25) is 18.9 Å². The molecule has 21 heteroatoms. The van der Waals surface area contributed by atoms with E-state index in [-0.39, 0.29) is 4.57 Å². The van der Waals surface area contributed by atoms with Crippen molar-refractivity contribution in [2.45, 2.75) is 37.1 Å². The lowest BCUT2D eigenvalue weighted by Crippen LogP contribution is -2.49. The van der Waals surface area contributed by atoms with Crippen LogP contribution in [0.5, 0.6) is 0 Å². The van der Waals surface area contributed by atoms with Gasteiger partial charge in [-0.05, 0) is 6.92 Å². The minimum absolute atomic E-state index is 0.275. The number of aromatic amines is 1. The van der Waals surface area contributed by atoms with Crippen molar-refractivity contribution in [2.24, 2.45) is 0 Å². The molecular weight excluding hydrogens is 524 g/mol. The Bertz CT molecular complexity index is 1220. The second-order valence-electron chi connectivity index (χ2n) is 6.41. The molecule has 7 N–H and O–H groups in total. The molecule has 0 bridgehead atoms. The van der Waals surface area contributed by atoms with Crippen molar-refractivity contribution < 1.29 is 65.8 Å². The lowest BCUT2D eigenvalue weighted by molar-refractivity contribution is -0.0872. The third-order valence-corrected chi connectivity index (χ3v) is 7.94. The molecule has 0 saturated carbocycles. The van der Waals surface area contributed by atoms with Crippen molar-refractivity contribution in [1.29, 1.82) is 0 Å². The second kappa shape index (κ2) is 9.25. The Morgan fingerprint density at radius 2 is 1.82 bits per heavy atom. The molecule has 0 amide bonds. The summed E-state index contributed by atoms with van der Waals surface area (Å²) in [7, 11) is -17.2. The molecule has 17 nitrogen and oxygen atoms in total. The number of hydrogen-bond donors (Lipinski definition) is 7. The summed E-state index contributed by atoms with van der Waals surface area (Å²) >= 11 is 0. The van der Waals surface area contributed by atoms with Gasteiger partial charge in [-0.15, -0.1) is 6.42 Å². The van der Waals surface area contributed by atoms with Gasteiger partial charge in [-0.2, -0.15) is 13.0 Å². The van der Waals surface area contributed by atoms with Crippen LogP contribution >= 0.6 is 23.5 Å². The lowest BCUT2D eigenvalue weighted by Gasteiger charge is -2.27. The number of aromatic nitrogens is 2. The van der Waals surface area contributed by atoms with Crippen LogP contribution in [-0.2, 0) is 31.6 Å². The first kappa shape index (κ1) is 27.7. The van der Waals surface area contributed by atoms with Crippen LogP contribution in [-0.4, -0.2) is 63.3 Å². The van der Waals surface area contributed by atoms with Crippen LogP contribution in [0.15, 0.2) is 15.8 Å². The minimum atomic E-state index is -5.85. The van der Waals surface area contributed by atoms with Gasteiger partial charge in [-0.1, -0.05) is 5.92 Å². The maximum Gasteiger partial charge on any atom is 0.490 e. The highest BCUT2D eigenvalue weighted by atomic mass is 31.3. The van der Waals surface area contributed by atoms with Crippen molar-refractivity contribution >= 4 is 23.5 Å². The molecule has 1 fully saturated rings. The number of aliphatic hydroxyl groups is 2. The summed E-state index contributed by atoms with van der Waals surface area (Å²) < 4.78 is 64.7. The topological polar surface area (TPSA) is 264 Å². The fourth-order valence-electron chi connectivity index (χ4n) is 2.73. The highest BCUT2D eigenvalue weighted by Gasteiger charge is 2.58.